The number of hydrogen-bond donors (Lipinski definition) is 1. The SMILES string of the molecule is CCSCCNCCP(c1ccccc1)c1ccccc1.FC(F)(F)c1ccc(P(c2ccc(C(F)(F)F)cc2)c2ccc(C(F)(F)F)cc2)cc1.[Ru+2]. The van der Waals surface area contributed by atoms with Crippen LogP contribution in [0.1, 0.15) is 23.6 Å². The van der Waals surface area contributed by atoms with Crippen LogP contribution in [-0.4, -0.2) is 30.8 Å². The molecule has 5 aromatic rings. The van der Waals surface area contributed by atoms with Crippen LogP contribution in [0.3, 0.4) is 0 Å². The van der Waals surface area contributed by atoms with Crippen LogP contribution in [0, 0.1) is 0 Å². The average molecular weight is 885 g/mol. The normalized spacial score (nSPS) is 11.9. The Balaban J connectivity index is 0.000000301. The maximum absolute atomic E-state index is 12.9. The molecule has 0 saturated carbocycles. The summed E-state index contributed by atoms with van der Waals surface area (Å²) in [6, 6.07) is 34.0. The van der Waals surface area contributed by atoms with E-state index in [-0.39, 0.29) is 27.4 Å². The molecule has 0 unspecified atom stereocenters. The van der Waals surface area contributed by atoms with Gasteiger partial charge in [-0.15, -0.1) is 0 Å². The summed E-state index contributed by atoms with van der Waals surface area (Å²) in [5, 5.41) is 7.59. The molecule has 0 aliphatic rings. The first-order chi connectivity index (χ1) is 24.7. The zero-order valence-electron chi connectivity index (χ0n) is 28.3. The summed E-state index contributed by atoms with van der Waals surface area (Å²) in [6.07, 6.45) is -12.5. The second-order valence-corrected chi connectivity index (χ2v) is 17.2. The Kier molecular flexibility index (Phi) is 17.5. The summed E-state index contributed by atoms with van der Waals surface area (Å²) in [6.45, 7) is 4.43. The van der Waals surface area contributed by atoms with E-state index in [1.165, 1.54) is 64.7 Å². The monoisotopic (exact) mass is 885 g/mol. The predicted molar refractivity (Wildman–Crippen MR) is 200 cm³/mol. The topological polar surface area (TPSA) is 12.0 Å². The molecule has 282 valence electrons. The van der Waals surface area contributed by atoms with Gasteiger partial charge in [-0.3, -0.25) is 0 Å². The summed E-state index contributed by atoms with van der Waals surface area (Å²) in [5.74, 6) is 2.42. The molecule has 0 saturated heterocycles. The molecule has 1 N–H and O–H groups in total. The second kappa shape index (κ2) is 20.8. The summed E-state index contributed by atoms with van der Waals surface area (Å²) in [5.41, 5.74) is -2.73. The van der Waals surface area contributed by atoms with E-state index in [9.17, 15) is 39.5 Å². The second-order valence-electron chi connectivity index (χ2n) is 11.2. The molecule has 0 aliphatic heterocycles. The average Bonchev–Trinajstić information content (AvgIpc) is 3.12. The van der Waals surface area contributed by atoms with E-state index in [1.54, 1.807) is 0 Å². The maximum Gasteiger partial charge on any atom is 2.00 e. The van der Waals surface area contributed by atoms with Crippen molar-refractivity contribution < 1.29 is 59.0 Å². The molecular weight excluding hydrogens is 849 g/mol. The van der Waals surface area contributed by atoms with Gasteiger partial charge in [-0.2, -0.15) is 51.3 Å². The first kappa shape index (κ1) is 44.7. The van der Waals surface area contributed by atoms with Crippen LogP contribution < -0.4 is 31.8 Å². The van der Waals surface area contributed by atoms with Crippen LogP contribution in [-0.2, 0) is 38.0 Å². The van der Waals surface area contributed by atoms with Crippen LogP contribution in [0.4, 0.5) is 39.5 Å². The molecule has 0 amide bonds. The third-order valence-corrected chi connectivity index (χ3v) is 13.5. The van der Waals surface area contributed by atoms with Gasteiger partial charge in [0.1, 0.15) is 0 Å². The van der Waals surface area contributed by atoms with E-state index < -0.39 is 43.1 Å². The van der Waals surface area contributed by atoms with E-state index in [0.717, 1.165) is 49.5 Å². The molecule has 0 aliphatic carbocycles. The Hall–Kier alpha value is -2.74. The Morgan fingerprint density at radius 3 is 1.11 bits per heavy atom. The van der Waals surface area contributed by atoms with Gasteiger partial charge in [-0.05, 0) is 97.2 Å². The molecule has 0 fully saturated rings. The van der Waals surface area contributed by atoms with Crippen LogP contribution in [0.5, 0.6) is 0 Å². The van der Waals surface area contributed by atoms with E-state index in [0.29, 0.717) is 15.9 Å². The van der Waals surface area contributed by atoms with Crippen molar-refractivity contribution in [3.63, 3.8) is 0 Å². The van der Waals surface area contributed by atoms with Gasteiger partial charge < -0.3 is 5.32 Å². The molecule has 0 atom stereocenters. The fraction of sp³-hybridized carbons (Fsp3) is 0.231. The quantitative estimate of drug-likeness (QED) is 0.0580. The van der Waals surface area contributed by atoms with Crippen molar-refractivity contribution in [2.45, 2.75) is 25.5 Å². The largest absolute Gasteiger partial charge is 2.00 e. The van der Waals surface area contributed by atoms with Crippen LogP contribution in [0.15, 0.2) is 133 Å². The van der Waals surface area contributed by atoms with Gasteiger partial charge in [0.25, 0.3) is 0 Å². The van der Waals surface area contributed by atoms with Gasteiger partial charge in [-0.25, -0.2) is 0 Å². The van der Waals surface area contributed by atoms with Crippen molar-refractivity contribution in [1.29, 1.82) is 0 Å². The molecule has 14 heteroatoms. The van der Waals surface area contributed by atoms with Gasteiger partial charge in [0.2, 0.25) is 0 Å². The molecule has 5 rings (SSSR count). The summed E-state index contributed by atoms with van der Waals surface area (Å²) in [7, 11) is -1.94. The van der Waals surface area contributed by atoms with Crippen LogP contribution in [0.2, 0.25) is 0 Å². The molecular formula is C39H36F9NP2RuS+2. The maximum atomic E-state index is 12.9. The minimum Gasteiger partial charge on any atom is -0.316 e. The number of halogens is 9. The van der Waals surface area contributed by atoms with Gasteiger partial charge in [-0.1, -0.05) is 104 Å². The number of alkyl halides is 9. The summed E-state index contributed by atoms with van der Waals surface area (Å²) >= 11 is 2.00. The fourth-order valence-corrected chi connectivity index (χ4v) is 10.1. The van der Waals surface area contributed by atoms with E-state index in [4.69, 9.17) is 0 Å². The number of hydrogen-bond acceptors (Lipinski definition) is 2. The number of thioether (sulfide) groups is 1. The van der Waals surface area contributed by atoms with E-state index in [1.807, 2.05) is 11.8 Å². The number of rotatable bonds is 12. The Labute approximate surface area is 323 Å². The number of benzene rings is 5. The first-order valence-electron chi connectivity index (χ1n) is 16.2. The van der Waals surface area contributed by atoms with Crippen molar-refractivity contribution in [3.8, 4) is 0 Å². The van der Waals surface area contributed by atoms with E-state index >= 15 is 0 Å². The molecule has 0 bridgehead atoms. The van der Waals surface area contributed by atoms with Crippen molar-refractivity contribution in [2.75, 3.05) is 30.8 Å². The van der Waals surface area contributed by atoms with Crippen LogP contribution >= 0.6 is 27.6 Å². The third-order valence-electron chi connectivity index (χ3n) is 7.63. The van der Waals surface area contributed by atoms with Gasteiger partial charge >= 0.3 is 38.0 Å². The zero-order valence-corrected chi connectivity index (χ0v) is 32.6. The molecule has 0 heterocycles. The van der Waals surface area contributed by atoms with Crippen LogP contribution in [0.25, 0.3) is 0 Å². The van der Waals surface area contributed by atoms with Crippen molar-refractivity contribution in [1.82, 2.24) is 5.32 Å². The van der Waals surface area contributed by atoms with Crippen molar-refractivity contribution >= 4 is 54.1 Å². The molecule has 0 aromatic heterocycles. The predicted octanol–water partition coefficient (Wildman–Crippen LogP) is 9.96. The minimum absolute atomic E-state index is 0. The van der Waals surface area contributed by atoms with Crippen molar-refractivity contribution in [3.05, 3.63) is 150 Å². The summed E-state index contributed by atoms with van der Waals surface area (Å²) in [4.78, 5) is 0. The molecule has 53 heavy (non-hydrogen) atoms. The first-order valence-corrected chi connectivity index (χ1v) is 20.2. The molecule has 0 spiro atoms. The van der Waals surface area contributed by atoms with E-state index in [2.05, 4.69) is 72.9 Å². The van der Waals surface area contributed by atoms with Gasteiger partial charge in [0.05, 0.1) is 16.7 Å². The zero-order chi connectivity index (χ0) is 37.8. The molecule has 0 radical (unpaired) electrons. The van der Waals surface area contributed by atoms with Gasteiger partial charge in [0.15, 0.2) is 0 Å². The standard InChI is InChI=1S/C21H12F9P.C18H24NPS.Ru/c22-19(23,24)13-1-7-16(8-2-13)31(17-9-3-14(4-10-17)20(25,26)27)18-11-5-15(6-12-18)21(28,29)30;1-2-21-16-14-19-13-15-20(17-9-5-3-6-10-17)18-11-7-4-8-12-18;/h1-12H;3-12,19H,2,13-16H2,1H3;/q;;+2. The Bertz CT molecular complexity index is 1590. The molecule has 5 aromatic carbocycles. The fourth-order valence-electron chi connectivity index (χ4n) is 5.07. The molecule has 1 nitrogen and oxygen atoms in total. The van der Waals surface area contributed by atoms with Gasteiger partial charge in [0, 0.05) is 12.3 Å². The van der Waals surface area contributed by atoms with Crippen molar-refractivity contribution in [2.24, 2.45) is 0 Å². The smallest absolute Gasteiger partial charge is 0.316 e. The summed E-state index contributed by atoms with van der Waals surface area (Å²) < 4.78 is 116. The Morgan fingerprint density at radius 1 is 0.472 bits per heavy atom. The minimum atomic E-state index is -4.58. The number of nitrogens with one attached hydrogen (secondary N) is 1. The third kappa shape index (κ3) is 13.8. The Morgan fingerprint density at radius 2 is 0.811 bits per heavy atom.